The van der Waals surface area contributed by atoms with Gasteiger partial charge in [0.15, 0.2) is 11.5 Å². The molecule has 1 rings (SSSR count). The van der Waals surface area contributed by atoms with E-state index in [1.807, 2.05) is 0 Å². The highest BCUT2D eigenvalue weighted by Gasteiger charge is 2.18. The zero-order valence-electron chi connectivity index (χ0n) is 9.33. The summed E-state index contributed by atoms with van der Waals surface area (Å²) in [7, 11) is 4.46. The molecule has 5 nitrogen and oxygen atoms in total. The van der Waals surface area contributed by atoms with Crippen molar-refractivity contribution < 1.29 is 19.4 Å². The van der Waals surface area contributed by atoms with E-state index in [1.165, 1.54) is 27.4 Å². The summed E-state index contributed by atoms with van der Waals surface area (Å²) in [5, 5.41) is 9.99. The fourth-order valence-electron chi connectivity index (χ4n) is 1.33. The Bertz CT molecular complexity index is 370. The van der Waals surface area contributed by atoms with Crippen LogP contribution in [0.15, 0.2) is 6.07 Å². The van der Waals surface area contributed by atoms with Crippen molar-refractivity contribution in [2.75, 3.05) is 21.3 Å². The maximum absolute atomic E-state index is 9.79. The molecule has 0 fully saturated rings. The van der Waals surface area contributed by atoms with Crippen molar-refractivity contribution in [2.24, 2.45) is 0 Å². The van der Waals surface area contributed by atoms with Gasteiger partial charge in [0.1, 0.15) is 5.75 Å². The summed E-state index contributed by atoms with van der Waals surface area (Å²) < 4.78 is 10.3. The Morgan fingerprint density at radius 1 is 1.31 bits per heavy atom. The Morgan fingerprint density at radius 3 is 2.50 bits per heavy atom. The number of phenolic OH excluding ortho intramolecular Hbond substituents is 1. The van der Waals surface area contributed by atoms with E-state index in [2.05, 4.69) is 5.48 Å². The van der Waals surface area contributed by atoms with Crippen LogP contribution in [0.2, 0.25) is 5.02 Å². The molecule has 0 amide bonds. The molecule has 0 atom stereocenters. The number of phenols is 1. The molecule has 0 spiro atoms. The van der Waals surface area contributed by atoms with Gasteiger partial charge >= 0.3 is 0 Å². The van der Waals surface area contributed by atoms with E-state index in [-0.39, 0.29) is 17.3 Å². The molecular formula is C10H14ClNO4. The number of hydrogen-bond donors (Lipinski definition) is 2. The lowest BCUT2D eigenvalue weighted by atomic mass is 10.1. The van der Waals surface area contributed by atoms with Gasteiger partial charge in [-0.05, 0) is 0 Å². The number of methoxy groups -OCH3 is 2. The van der Waals surface area contributed by atoms with Gasteiger partial charge in [0, 0.05) is 6.07 Å². The van der Waals surface area contributed by atoms with Crippen LogP contribution in [0.25, 0.3) is 0 Å². The molecule has 0 aromatic heterocycles. The van der Waals surface area contributed by atoms with E-state index in [1.54, 1.807) is 0 Å². The SMILES string of the molecule is CONCc1c(O)c(Cl)cc(OC)c1OC. The van der Waals surface area contributed by atoms with Gasteiger partial charge in [0.05, 0.1) is 38.5 Å². The summed E-state index contributed by atoms with van der Waals surface area (Å²) in [6.45, 7) is 0.252. The molecule has 0 aliphatic carbocycles. The third-order valence-electron chi connectivity index (χ3n) is 2.09. The summed E-state index contributed by atoms with van der Waals surface area (Å²) in [4.78, 5) is 4.71. The van der Waals surface area contributed by atoms with E-state index in [4.69, 9.17) is 25.9 Å². The first-order valence-corrected chi connectivity index (χ1v) is 4.91. The van der Waals surface area contributed by atoms with Crippen LogP contribution in [-0.2, 0) is 11.4 Å². The number of hydroxylamine groups is 1. The summed E-state index contributed by atoms with van der Waals surface area (Å²) in [6.07, 6.45) is 0. The summed E-state index contributed by atoms with van der Waals surface area (Å²) in [5.41, 5.74) is 3.08. The molecule has 0 bridgehead atoms. The van der Waals surface area contributed by atoms with E-state index in [0.717, 1.165) is 0 Å². The molecule has 0 aliphatic rings. The second-order valence-corrected chi connectivity index (χ2v) is 3.35. The number of aromatic hydroxyl groups is 1. The number of ether oxygens (including phenoxy) is 2. The fraction of sp³-hybridized carbons (Fsp3) is 0.400. The molecule has 16 heavy (non-hydrogen) atoms. The van der Waals surface area contributed by atoms with Gasteiger partial charge in [-0.2, -0.15) is 5.48 Å². The van der Waals surface area contributed by atoms with Crippen LogP contribution in [-0.4, -0.2) is 26.4 Å². The molecular weight excluding hydrogens is 234 g/mol. The maximum atomic E-state index is 9.79. The van der Waals surface area contributed by atoms with Crippen molar-refractivity contribution in [3.63, 3.8) is 0 Å². The largest absolute Gasteiger partial charge is 0.506 e. The molecule has 6 heteroatoms. The highest BCUT2D eigenvalue weighted by Crippen LogP contribution is 2.41. The summed E-state index contributed by atoms with van der Waals surface area (Å²) in [5.74, 6) is 0.830. The Balaban J connectivity index is 3.23. The second kappa shape index (κ2) is 5.79. The molecule has 0 aliphatic heterocycles. The fourth-order valence-corrected chi connectivity index (χ4v) is 1.55. The third kappa shape index (κ3) is 2.49. The Morgan fingerprint density at radius 2 is 2.00 bits per heavy atom. The summed E-state index contributed by atoms with van der Waals surface area (Å²) >= 11 is 5.85. The van der Waals surface area contributed by atoms with E-state index in [0.29, 0.717) is 17.1 Å². The average molecular weight is 248 g/mol. The minimum Gasteiger partial charge on any atom is -0.506 e. The van der Waals surface area contributed by atoms with Crippen molar-refractivity contribution in [2.45, 2.75) is 6.54 Å². The Hall–Kier alpha value is -1.17. The first kappa shape index (κ1) is 12.9. The smallest absolute Gasteiger partial charge is 0.169 e. The van der Waals surface area contributed by atoms with Crippen LogP contribution < -0.4 is 15.0 Å². The third-order valence-corrected chi connectivity index (χ3v) is 2.37. The van der Waals surface area contributed by atoms with Crippen molar-refractivity contribution in [3.05, 3.63) is 16.7 Å². The quantitative estimate of drug-likeness (QED) is 0.776. The first-order chi connectivity index (χ1) is 7.65. The molecule has 0 heterocycles. The van der Waals surface area contributed by atoms with Crippen molar-refractivity contribution in [1.29, 1.82) is 0 Å². The number of halogens is 1. The van der Waals surface area contributed by atoms with Crippen LogP contribution in [0.1, 0.15) is 5.56 Å². The van der Waals surface area contributed by atoms with Gasteiger partial charge in [-0.3, -0.25) is 0 Å². The first-order valence-electron chi connectivity index (χ1n) is 4.53. The molecule has 90 valence electrons. The topological polar surface area (TPSA) is 60.0 Å². The zero-order chi connectivity index (χ0) is 12.1. The van der Waals surface area contributed by atoms with Crippen LogP contribution in [0, 0.1) is 0 Å². The lowest BCUT2D eigenvalue weighted by Gasteiger charge is -2.15. The summed E-state index contributed by atoms with van der Waals surface area (Å²) in [6, 6.07) is 1.49. The van der Waals surface area contributed by atoms with Gasteiger partial charge in [0.25, 0.3) is 0 Å². The lowest BCUT2D eigenvalue weighted by molar-refractivity contribution is 0.0854. The molecule has 0 unspecified atom stereocenters. The van der Waals surface area contributed by atoms with Gasteiger partial charge < -0.3 is 19.4 Å². The maximum Gasteiger partial charge on any atom is 0.169 e. The predicted octanol–water partition coefficient (Wildman–Crippen LogP) is 1.71. The van der Waals surface area contributed by atoms with Crippen LogP contribution in [0.4, 0.5) is 0 Å². The molecule has 0 radical (unpaired) electrons. The van der Waals surface area contributed by atoms with Gasteiger partial charge in [-0.15, -0.1) is 0 Å². The van der Waals surface area contributed by atoms with Crippen LogP contribution in [0.3, 0.4) is 0 Å². The van der Waals surface area contributed by atoms with Gasteiger partial charge in [0.2, 0.25) is 0 Å². The molecule has 1 aromatic carbocycles. The minimum atomic E-state index is -0.0520. The lowest BCUT2D eigenvalue weighted by Crippen LogP contribution is -2.12. The standard InChI is InChI=1S/C10H14ClNO4/c1-14-8-4-7(11)9(13)6(5-12-16-3)10(8)15-2/h4,12-13H,5H2,1-3H3. The van der Waals surface area contributed by atoms with Crippen molar-refractivity contribution in [3.8, 4) is 17.2 Å². The monoisotopic (exact) mass is 247 g/mol. The van der Waals surface area contributed by atoms with E-state index < -0.39 is 0 Å². The minimum absolute atomic E-state index is 0.0520. The van der Waals surface area contributed by atoms with Crippen LogP contribution >= 0.6 is 11.6 Å². The van der Waals surface area contributed by atoms with Crippen LogP contribution in [0.5, 0.6) is 17.2 Å². The van der Waals surface area contributed by atoms with E-state index in [9.17, 15) is 5.11 Å². The average Bonchev–Trinajstić information content (AvgIpc) is 2.30. The molecule has 1 aromatic rings. The highest BCUT2D eigenvalue weighted by molar-refractivity contribution is 6.32. The normalized spacial score (nSPS) is 10.2. The predicted molar refractivity (Wildman–Crippen MR) is 60.1 cm³/mol. The number of nitrogens with one attached hydrogen (secondary N) is 1. The zero-order valence-corrected chi connectivity index (χ0v) is 10.1. The number of benzene rings is 1. The number of hydrogen-bond acceptors (Lipinski definition) is 5. The Labute approximate surface area is 98.8 Å². The van der Waals surface area contributed by atoms with Gasteiger partial charge in [-0.25, -0.2) is 0 Å². The molecule has 0 saturated heterocycles. The second-order valence-electron chi connectivity index (χ2n) is 2.95. The van der Waals surface area contributed by atoms with Crippen molar-refractivity contribution in [1.82, 2.24) is 5.48 Å². The molecule has 2 N–H and O–H groups in total. The van der Waals surface area contributed by atoms with Gasteiger partial charge in [-0.1, -0.05) is 11.6 Å². The number of rotatable bonds is 5. The highest BCUT2D eigenvalue weighted by atomic mass is 35.5. The molecule has 0 saturated carbocycles. The van der Waals surface area contributed by atoms with Crippen molar-refractivity contribution >= 4 is 11.6 Å². The van der Waals surface area contributed by atoms with E-state index >= 15 is 0 Å². The Kier molecular flexibility index (Phi) is 4.67.